The first-order valence-corrected chi connectivity index (χ1v) is 8.61. The van der Waals surface area contributed by atoms with Gasteiger partial charge in [-0.1, -0.05) is 30.3 Å². The quantitative estimate of drug-likeness (QED) is 0.274. The van der Waals surface area contributed by atoms with Crippen LogP contribution in [0.3, 0.4) is 0 Å². The Balaban J connectivity index is 2.48. The summed E-state index contributed by atoms with van der Waals surface area (Å²) in [5.74, 6) is -3.29. The minimum atomic E-state index is -1.37. The van der Waals surface area contributed by atoms with Gasteiger partial charge in [-0.05, 0) is 18.9 Å². The fraction of sp³-hybridized carbons (Fsp3) is 0.389. The lowest BCUT2D eigenvalue weighted by atomic mass is 10.1. The Kier molecular flexibility index (Phi) is 9.73. The Labute approximate surface area is 162 Å². The monoisotopic (exact) mass is 392 g/mol. The van der Waals surface area contributed by atoms with E-state index in [1.54, 1.807) is 0 Å². The van der Waals surface area contributed by atoms with Crippen molar-refractivity contribution in [1.82, 2.24) is 21.3 Å². The number of hydrogen-bond acceptors (Lipinski definition) is 5. The van der Waals surface area contributed by atoms with Crippen molar-refractivity contribution in [3.05, 3.63) is 35.9 Å². The summed E-state index contributed by atoms with van der Waals surface area (Å²) in [6, 6.07) is 8.01. The molecule has 0 saturated heterocycles. The van der Waals surface area contributed by atoms with Crippen molar-refractivity contribution >= 4 is 30.1 Å². The second kappa shape index (κ2) is 12.0. The average molecular weight is 392 g/mol. The van der Waals surface area contributed by atoms with Crippen molar-refractivity contribution in [1.29, 1.82) is 0 Å². The molecule has 2 atom stereocenters. The van der Waals surface area contributed by atoms with Crippen molar-refractivity contribution in [2.45, 2.75) is 31.8 Å². The minimum Gasteiger partial charge on any atom is -0.481 e. The third-order valence-electron chi connectivity index (χ3n) is 3.59. The smallest absolute Gasteiger partial charge is 0.305 e. The maximum absolute atomic E-state index is 12.1. The van der Waals surface area contributed by atoms with Gasteiger partial charge in [0.15, 0.2) is 0 Å². The van der Waals surface area contributed by atoms with Crippen molar-refractivity contribution in [2.24, 2.45) is 0 Å². The summed E-state index contributed by atoms with van der Waals surface area (Å²) in [4.78, 5) is 56.7. The molecule has 1 rings (SSSR count). The molecule has 1 aromatic rings. The molecule has 4 amide bonds. The SMILES string of the molecule is CC(Cc1ccccc1)NC(=O)CNC(=O)C(CC(=O)O)NC(=O)CNC=O. The lowest BCUT2D eigenvalue weighted by molar-refractivity contribution is -0.140. The van der Waals surface area contributed by atoms with Crippen LogP contribution in [0.25, 0.3) is 0 Å². The highest BCUT2D eigenvalue weighted by Crippen LogP contribution is 2.02. The molecule has 0 heterocycles. The Morgan fingerprint density at radius 1 is 1.04 bits per heavy atom. The number of nitrogens with one attached hydrogen (secondary N) is 4. The third-order valence-corrected chi connectivity index (χ3v) is 3.59. The van der Waals surface area contributed by atoms with Crippen LogP contribution in [0.1, 0.15) is 18.9 Å². The maximum Gasteiger partial charge on any atom is 0.305 e. The Morgan fingerprint density at radius 2 is 1.68 bits per heavy atom. The normalized spacial score (nSPS) is 12.2. The Bertz CT molecular complexity index is 695. The van der Waals surface area contributed by atoms with E-state index in [4.69, 9.17) is 5.11 Å². The molecule has 0 spiro atoms. The predicted molar refractivity (Wildman–Crippen MR) is 99.0 cm³/mol. The van der Waals surface area contributed by atoms with Gasteiger partial charge in [0.1, 0.15) is 6.04 Å². The summed E-state index contributed by atoms with van der Waals surface area (Å²) in [6.45, 7) is 1.06. The van der Waals surface area contributed by atoms with Crippen LogP contribution in [0.2, 0.25) is 0 Å². The minimum absolute atomic E-state index is 0.171. The van der Waals surface area contributed by atoms with Gasteiger partial charge in [-0.15, -0.1) is 0 Å². The number of amides is 4. The van der Waals surface area contributed by atoms with E-state index < -0.39 is 42.7 Å². The molecule has 1 aromatic carbocycles. The predicted octanol–water partition coefficient (Wildman–Crippen LogP) is -1.44. The maximum atomic E-state index is 12.1. The molecule has 0 radical (unpaired) electrons. The van der Waals surface area contributed by atoms with Crippen molar-refractivity contribution in [3.63, 3.8) is 0 Å². The van der Waals surface area contributed by atoms with Gasteiger partial charge in [0.05, 0.1) is 19.5 Å². The van der Waals surface area contributed by atoms with Crippen LogP contribution in [0.15, 0.2) is 30.3 Å². The van der Waals surface area contributed by atoms with E-state index in [2.05, 4.69) is 21.3 Å². The molecule has 0 aliphatic carbocycles. The van der Waals surface area contributed by atoms with Crippen LogP contribution < -0.4 is 21.3 Å². The van der Waals surface area contributed by atoms with Crippen LogP contribution in [-0.4, -0.2) is 60.4 Å². The van der Waals surface area contributed by atoms with Crippen LogP contribution in [-0.2, 0) is 30.4 Å². The fourth-order valence-corrected chi connectivity index (χ4v) is 2.40. The van der Waals surface area contributed by atoms with E-state index in [0.717, 1.165) is 5.56 Å². The van der Waals surface area contributed by atoms with Gasteiger partial charge in [0.25, 0.3) is 0 Å². The molecule has 0 aliphatic heterocycles. The number of hydrogen-bond donors (Lipinski definition) is 5. The molecule has 0 aromatic heterocycles. The van der Waals surface area contributed by atoms with Crippen molar-refractivity contribution in [3.8, 4) is 0 Å². The molecule has 2 unspecified atom stereocenters. The largest absolute Gasteiger partial charge is 0.481 e. The van der Waals surface area contributed by atoms with Crippen LogP contribution >= 0.6 is 0 Å². The number of rotatable bonds is 12. The van der Waals surface area contributed by atoms with E-state index in [9.17, 15) is 24.0 Å². The zero-order chi connectivity index (χ0) is 20.9. The summed E-state index contributed by atoms with van der Waals surface area (Å²) in [6.07, 6.45) is 0.249. The highest BCUT2D eigenvalue weighted by atomic mass is 16.4. The molecule has 28 heavy (non-hydrogen) atoms. The van der Waals surface area contributed by atoms with E-state index in [1.165, 1.54) is 0 Å². The average Bonchev–Trinajstić information content (AvgIpc) is 2.64. The van der Waals surface area contributed by atoms with E-state index in [1.807, 2.05) is 37.3 Å². The van der Waals surface area contributed by atoms with Crippen molar-refractivity contribution < 1.29 is 29.1 Å². The molecule has 5 N–H and O–H groups in total. The number of carbonyl (C=O) groups is 5. The van der Waals surface area contributed by atoms with Crippen molar-refractivity contribution in [2.75, 3.05) is 13.1 Å². The lowest BCUT2D eigenvalue weighted by Crippen LogP contribution is -2.51. The van der Waals surface area contributed by atoms with Gasteiger partial charge >= 0.3 is 5.97 Å². The first kappa shape index (κ1) is 22.6. The molecular formula is C18H24N4O6. The summed E-state index contributed by atoms with van der Waals surface area (Å²) in [5.41, 5.74) is 1.05. The summed E-state index contributed by atoms with van der Waals surface area (Å²) < 4.78 is 0. The molecule has 10 nitrogen and oxygen atoms in total. The van der Waals surface area contributed by atoms with Gasteiger partial charge < -0.3 is 26.4 Å². The summed E-state index contributed by atoms with van der Waals surface area (Å²) in [5, 5.41) is 18.2. The number of benzene rings is 1. The van der Waals surface area contributed by atoms with Gasteiger partial charge in [-0.25, -0.2) is 0 Å². The summed E-state index contributed by atoms with van der Waals surface area (Å²) in [7, 11) is 0. The molecule has 0 saturated carbocycles. The topological polar surface area (TPSA) is 154 Å². The fourth-order valence-electron chi connectivity index (χ4n) is 2.40. The summed E-state index contributed by atoms with van der Waals surface area (Å²) >= 11 is 0. The number of carbonyl (C=O) groups excluding carboxylic acids is 4. The second-order valence-electron chi connectivity index (χ2n) is 6.09. The number of aliphatic carboxylic acids is 1. The Hall–Kier alpha value is -3.43. The lowest BCUT2D eigenvalue weighted by Gasteiger charge is -2.18. The van der Waals surface area contributed by atoms with Gasteiger partial charge in [-0.2, -0.15) is 0 Å². The standard InChI is InChI=1S/C18H24N4O6/c1-12(7-13-5-3-2-4-6-13)21-16(25)10-20-18(28)14(8-17(26)27)22-15(24)9-19-11-23/h2-6,11-12,14H,7-10H2,1H3,(H,19,23)(H,20,28)(H,21,25)(H,22,24)(H,26,27). The van der Waals surface area contributed by atoms with E-state index in [-0.39, 0.29) is 12.6 Å². The zero-order valence-electron chi connectivity index (χ0n) is 15.4. The van der Waals surface area contributed by atoms with Gasteiger partial charge in [0, 0.05) is 6.04 Å². The second-order valence-corrected chi connectivity index (χ2v) is 6.09. The van der Waals surface area contributed by atoms with Crippen LogP contribution in [0.4, 0.5) is 0 Å². The molecule has 0 fully saturated rings. The third kappa shape index (κ3) is 9.32. The highest BCUT2D eigenvalue weighted by Gasteiger charge is 2.24. The zero-order valence-corrected chi connectivity index (χ0v) is 15.4. The van der Waals surface area contributed by atoms with Crippen LogP contribution in [0.5, 0.6) is 0 Å². The Morgan fingerprint density at radius 3 is 2.29 bits per heavy atom. The molecular weight excluding hydrogens is 368 g/mol. The molecule has 10 heteroatoms. The molecule has 0 bridgehead atoms. The first-order chi connectivity index (χ1) is 13.3. The van der Waals surface area contributed by atoms with Gasteiger partial charge in [0.2, 0.25) is 24.1 Å². The van der Waals surface area contributed by atoms with E-state index in [0.29, 0.717) is 12.8 Å². The van der Waals surface area contributed by atoms with E-state index >= 15 is 0 Å². The van der Waals surface area contributed by atoms with Gasteiger partial charge in [-0.3, -0.25) is 24.0 Å². The molecule has 0 aliphatic rings. The van der Waals surface area contributed by atoms with Crippen LogP contribution in [0, 0.1) is 0 Å². The highest BCUT2D eigenvalue weighted by molar-refractivity contribution is 5.93. The number of carboxylic acids is 1. The number of carboxylic acid groups (broad SMARTS) is 1. The first-order valence-electron chi connectivity index (χ1n) is 8.61. The molecule has 152 valence electrons.